The van der Waals surface area contributed by atoms with E-state index >= 15 is 0 Å². The van der Waals surface area contributed by atoms with E-state index in [1.807, 2.05) is 6.07 Å². The van der Waals surface area contributed by atoms with Gasteiger partial charge in [0.05, 0.1) is 17.4 Å². The number of carbonyl (C=O) groups is 1. The molecule has 0 saturated carbocycles. The van der Waals surface area contributed by atoms with Crippen molar-refractivity contribution in [1.29, 1.82) is 5.26 Å². The van der Waals surface area contributed by atoms with Gasteiger partial charge in [0, 0.05) is 27.1 Å². The Morgan fingerprint density at radius 2 is 2.00 bits per heavy atom. The van der Waals surface area contributed by atoms with E-state index in [4.69, 9.17) is 5.26 Å². The number of amides is 1. The van der Waals surface area contributed by atoms with E-state index in [0.29, 0.717) is 11.1 Å². The molecule has 0 bridgehead atoms. The molecule has 20 heavy (non-hydrogen) atoms. The molecule has 0 aliphatic rings. The summed E-state index contributed by atoms with van der Waals surface area (Å²) in [5.74, 6) is -0.419. The number of rotatable bonds is 6. The van der Waals surface area contributed by atoms with Gasteiger partial charge in [-0.3, -0.25) is 4.79 Å². The topological polar surface area (TPSA) is 90.3 Å². The summed E-state index contributed by atoms with van der Waals surface area (Å²) in [6.07, 6.45) is 0.103. The predicted octanol–water partition coefficient (Wildman–Crippen LogP) is 0.456. The zero-order valence-electron chi connectivity index (χ0n) is 11.5. The minimum atomic E-state index is -3.56. The second kappa shape index (κ2) is 7.03. The number of nitriles is 1. The van der Waals surface area contributed by atoms with Crippen molar-refractivity contribution in [2.75, 3.05) is 20.6 Å². The van der Waals surface area contributed by atoms with Crippen molar-refractivity contribution >= 4 is 15.9 Å². The lowest BCUT2D eigenvalue weighted by molar-refractivity contribution is -0.128. The van der Waals surface area contributed by atoms with Gasteiger partial charge in [-0.1, -0.05) is 18.2 Å². The molecule has 1 amide bonds. The van der Waals surface area contributed by atoms with E-state index in [0.717, 1.165) is 0 Å². The third-order valence-electron chi connectivity index (χ3n) is 2.64. The monoisotopic (exact) mass is 295 g/mol. The predicted molar refractivity (Wildman–Crippen MR) is 75.1 cm³/mol. The van der Waals surface area contributed by atoms with Crippen molar-refractivity contribution in [3.05, 3.63) is 35.4 Å². The lowest BCUT2D eigenvalue weighted by atomic mass is 10.1. The Morgan fingerprint density at radius 3 is 2.60 bits per heavy atom. The summed E-state index contributed by atoms with van der Waals surface area (Å²) in [7, 11) is -0.338. The van der Waals surface area contributed by atoms with E-state index < -0.39 is 10.0 Å². The maximum absolute atomic E-state index is 11.9. The Hall–Kier alpha value is -1.91. The zero-order chi connectivity index (χ0) is 15.2. The highest BCUT2D eigenvalue weighted by atomic mass is 32.2. The highest BCUT2D eigenvalue weighted by Crippen LogP contribution is 2.10. The van der Waals surface area contributed by atoms with Crippen LogP contribution in [-0.4, -0.2) is 39.9 Å². The molecule has 1 aromatic rings. The molecule has 0 spiro atoms. The molecule has 108 valence electrons. The molecule has 0 aliphatic heterocycles. The Bertz CT molecular complexity index is 618. The molecule has 0 unspecified atom stereocenters. The van der Waals surface area contributed by atoms with E-state index in [9.17, 15) is 13.2 Å². The minimum absolute atomic E-state index is 0.0497. The first-order valence-corrected chi connectivity index (χ1v) is 7.66. The summed E-state index contributed by atoms with van der Waals surface area (Å²) in [4.78, 5) is 12.7. The number of nitrogens with one attached hydrogen (secondary N) is 1. The van der Waals surface area contributed by atoms with Crippen LogP contribution in [0.2, 0.25) is 0 Å². The third kappa shape index (κ3) is 4.99. The fraction of sp³-hybridized carbons (Fsp3) is 0.385. The molecule has 0 saturated heterocycles. The molecule has 0 aromatic heterocycles. The lowest BCUT2D eigenvalue weighted by Crippen LogP contribution is -2.31. The van der Waals surface area contributed by atoms with Crippen LogP contribution in [0, 0.1) is 11.3 Å². The van der Waals surface area contributed by atoms with Crippen LogP contribution in [0.15, 0.2) is 24.3 Å². The first-order valence-electron chi connectivity index (χ1n) is 6.01. The third-order valence-corrected chi connectivity index (χ3v) is 3.98. The molecule has 6 nitrogen and oxygen atoms in total. The van der Waals surface area contributed by atoms with Gasteiger partial charge in [-0.2, -0.15) is 5.26 Å². The first kappa shape index (κ1) is 16.1. The normalized spacial score (nSPS) is 10.8. The average molecular weight is 295 g/mol. The van der Waals surface area contributed by atoms with Gasteiger partial charge >= 0.3 is 0 Å². The Kier molecular flexibility index (Phi) is 5.67. The number of hydrogen-bond donors (Lipinski definition) is 1. The van der Waals surface area contributed by atoms with Crippen LogP contribution >= 0.6 is 0 Å². The molecule has 1 rings (SSSR count). The highest BCUT2D eigenvalue weighted by Gasteiger charge is 2.14. The summed E-state index contributed by atoms with van der Waals surface area (Å²) in [5, 5.41) is 8.91. The molecule has 0 fully saturated rings. The maximum Gasteiger partial charge on any atom is 0.223 e. The van der Waals surface area contributed by atoms with Crippen LogP contribution in [0.1, 0.15) is 17.5 Å². The quantitative estimate of drug-likeness (QED) is 0.825. The van der Waals surface area contributed by atoms with Crippen molar-refractivity contribution in [3.63, 3.8) is 0 Å². The molecule has 0 atom stereocenters. The molecule has 7 heteroatoms. The van der Waals surface area contributed by atoms with Crippen LogP contribution < -0.4 is 4.72 Å². The molecule has 0 radical (unpaired) electrons. The van der Waals surface area contributed by atoms with E-state index in [1.165, 1.54) is 4.90 Å². The van der Waals surface area contributed by atoms with Gasteiger partial charge in [-0.05, 0) is 11.6 Å². The smallest absolute Gasteiger partial charge is 0.223 e. The molecule has 1 N–H and O–H groups in total. The Labute approximate surface area is 119 Å². The summed E-state index contributed by atoms with van der Waals surface area (Å²) >= 11 is 0. The Morgan fingerprint density at radius 1 is 1.35 bits per heavy atom. The van der Waals surface area contributed by atoms with E-state index in [1.54, 1.807) is 38.4 Å². The fourth-order valence-electron chi connectivity index (χ4n) is 1.55. The van der Waals surface area contributed by atoms with Crippen molar-refractivity contribution in [2.45, 2.75) is 12.2 Å². The van der Waals surface area contributed by atoms with Gasteiger partial charge in [0.25, 0.3) is 0 Å². The second-order valence-corrected chi connectivity index (χ2v) is 6.27. The van der Waals surface area contributed by atoms with Crippen LogP contribution in [-0.2, 0) is 20.6 Å². The summed E-state index contributed by atoms with van der Waals surface area (Å²) in [6.45, 7) is 0.0497. The Balaban J connectivity index is 2.63. The number of nitrogens with zero attached hydrogens (tertiary/aromatic N) is 2. The molecular formula is C13H17N3O3S. The SMILES string of the molecule is CN(C)C(=O)CCNS(=O)(=O)Cc1ccccc1C#N. The zero-order valence-corrected chi connectivity index (χ0v) is 12.3. The van der Waals surface area contributed by atoms with Gasteiger partial charge in [0.2, 0.25) is 15.9 Å². The van der Waals surface area contributed by atoms with Crippen molar-refractivity contribution in [1.82, 2.24) is 9.62 Å². The van der Waals surface area contributed by atoms with E-state index in [-0.39, 0.29) is 24.6 Å². The molecule has 0 aliphatic carbocycles. The number of hydrogen-bond acceptors (Lipinski definition) is 4. The standard InChI is InChI=1S/C13H17N3O3S/c1-16(2)13(17)7-8-15-20(18,19)10-12-6-4-3-5-11(12)9-14/h3-6,15H,7-8,10H2,1-2H3. The van der Waals surface area contributed by atoms with Crippen LogP contribution in [0.25, 0.3) is 0 Å². The van der Waals surface area contributed by atoms with E-state index in [2.05, 4.69) is 4.72 Å². The van der Waals surface area contributed by atoms with Gasteiger partial charge < -0.3 is 4.90 Å². The second-order valence-electron chi connectivity index (χ2n) is 4.46. The van der Waals surface area contributed by atoms with Crippen molar-refractivity contribution < 1.29 is 13.2 Å². The number of sulfonamides is 1. The average Bonchev–Trinajstić information content (AvgIpc) is 2.38. The molecule has 0 heterocycles. The number of benzene rings is 1. The van der Waals surface area contributed by atoms with Gasteiger partial charge in [-0.15, -0.1) is 0 Å². The summed E-state index contributed by atoms with van der Waals surface area (Å²) in [5.41, 5.74) is 0.781. The highest BCUT2D eigenvalue weighted by molar-refractivity contribution is 7.88. The van der Waals surface area contributed by atoms with Crippen LogP contribution in [0.4, 0.5) is 0 Å². The van der Waals surface area contributed by atoms with Crippen molar-refractivity contribution in [2.24, 2.45) is 0 Å². The largest absolute Gasteiger partial charge is 0.349 e. The minimum Gasteiger partial charge on any atom is -0.349 e. The fourth-order valence-corrected chi connectivity index (χ4v) is 2.72. The molecular weight excluding hydrogens is 278 g/mol. The first-order chi connectivity index (χ1) is 9.35. The summed E-state index contributed by atoms with van der Waals surface area (Å²) in [6, 6.07) is 8.48. The maximum atomic E-state index is 11.9. The van der Waals surface area contributed by atoms with Crippen LogP contribution in [0.3, 0.4) is 0 Å². The van der Waals surface area contributed by atoms with Crippen molar-refractivity contribution in [3.8, 4) is 6.07 Å². The summed E-state index contributed by atoms with van der Waals surface area (Å²) < 4.78 is 26.1. The van der Waals surface area contributed by atoms with Gasteiger partial charge in [-0.25, -0.2) is 13.1 Å². The van der Waals surface area contributed by atoms with Gasteiger partial charge in [0.1, 0.15) is 0 Å². The van der Waals surface area contributed by atoms with Gasteiger partial charge in [0.15, 0.2) is 0 Å². The lowest BCUT2D eigenvalue weighted by Gasteiger charge is -2.11. The van der Waals surface area contributed by atoms with Crippen LogP contribution in [0.5, 0.6) is 0 Å². The molecule has 1 aromatic carbocycles. The number of carbonyl (C=O) groups excluding carboxylic acids is 1.